The molecule has 4 rings (SSSR count). The molecular formula is C20H18N4O2. The molecule has 1 N–H and O–H groups in total. The molecule has 0 spiro atoms. The van der Waals surface area contributed by atoms with Crippen molar-refractivity contribution in [3.8, 4) is 11.3 Å². The number of carbonyl (C=O) groups excluding carboxylic acids is 1. The van der Waals surface area contributed by atoms with Gasteiger partial charge in [-0.05, 0) is 55.5 Å². The fraction of sp³-hybridized carbons (Fsp3) is 0.150. The minimum absolute atomic E-state index is 0.0637. The van der Waals surface area contributed by atoms with Gasteiger partial charge in [0, 0.05) is 17.7 Å². The van der Waals surface area contributed by atoms with Gasteiger partial charge in [-0.2, -0.15) is 0 Å². The third-order valence-corrected chi connectivity index (χ3v) is 4.16. The molecule has 0 aliphatic heterocycles. The molecule has 2 heterocycles. The molecule has 0 saturated carbocycles. The Morgan fingerprint density at radius 3 is 2.65 bits per heavy atom. The molecule has 2 aromatic carbocycles. The lowest BCUT2D eigenvalue weighted by Gasteiger charge is -2.06. The van der Waals surface area contributed by atoms with Crippen molar-refractivity contribution in [1.29, 1.82) is 0 Å². The minimum atomic E-state index is -0.0637. The Morgan fingerprint density at radius 1 is 1.08 bits per heavy atom. The van der Waals surface area contributed by atoms with Gasteiger partial charge in [0.1, 0.15) is 17.0 Å². The van der Waals surface area contributed by atoms with Crippen LogP contribution in [0.3, 0.4) is 0 Å². The number of hydrogen-bond donors (Lipinski definition) is 1. The summed E-state index contributed by atoms with van der Waals surface area (Å²) < 4.78 is 7.35. The molecule has 130 valence electrons. The van der Waals surface area contributed by atoms with E-state index in [2.05, 4.69) is 15.6 Å². The van der Waals surface area contributed by atoms with Gasteiger partial charge in [0.25, 0.3) is 0 Å². The number of aromatic nitrogens is 3. The molecule has 0 aliphatic rings. The lowest BCUT2D eigenvalue weighted by Crippen LogP contribution is -2.15. The average Bonchev–Trinajstić information content (AvgIpc) is 3.27. The van der Waals surface area contributed by atoms with E-state index in [9.17, 15) is 4.79 Å². The van der Waals surface area contributed by atoms with Gasteiger partial charge in [0.05, 0.1) is 12.1 Å². The summed E-state index contributed by atoms with van der Waals surface area (Å²) in [5.74, 6) is 1.63. The number of nitrogens with one attached hydrogen (secondary N) is 1. The standard InChI is InChI=1S/C20H18N4O2/c1-14-6-11-19(26-14)15-7-9-16(10-8-15)21-20(25)12-13-24-18-5-3-2-4-17(18)22-23-24/h2-11H,12-13H2,1H3,(H,21,25). The Balaban J connectivity index is 1.37. The van der Waals surface area contributed by atoms with E-state index in [4.69, 9.17) is 4.42 Å². The van der Waals surface area contributed by atoms with Gasteiger partial charge >= 0.3 is 0 Å². The summed E-state index contributed by atoms with van der Waals surface area (Å²) in [7, 11) is 0. The van der Waals surface area contributed by atoms with Crippen molar-refractivity contribution in [2.24, 2.45) is 0 Å². The number of nitrogens with zero attached hydrogens (tertiary/aromatic N) is 3. The number of aryl methyl sites for hydroxylation is 2. The van der Waals surface area contributed by atoms with Gasteiger partial charge in [-0.3, -0.25) is 4.79 Å². The van der Waals surface area contributed by atoms with Crippen molar-refractivity contribution in [3.63, 3.8) is 0 Å². The fourth-order valence-electron chi connectivity index (χ4n) is 2.82. The first-order valence-electron chi connectivity index (χ1n) is 8.44. The van der Waals surface area contributed by atoms with Crippen molar-refractivity contribution in [2.45, 2.75) is 19.9 Å². The van der Waals surface area contributed by atoms with Crippen molar-refractivity contribution in [2.75, 3.05) is 5.32 Å². The number of furan rings is 1. The monoisotopic (exact) mass is 346 g/mol. The summed E-state index contributed by atoms with van der Waals surface area (Å²) in [4.78, 5) is 12.2. The van der Waals surface area contributed by atoms with Crippen LogP contribution in [0.1, 0.15) is 12.2 Å². The normalized spacial score (nSPS) is 11.0. The van der Waals surface area contributed by atoms with Crippen LogP contribution in [0.5, 0.6) is 0 Å². The summed E-state index contributed by atoms with van der Waals surface area (Å²) in [6, 6.07) is 19.2. The van der Waals surface area contributed by atoms with Crippen molar-refractivity contribution >= 4 is 22.6 Å². The highest BCUT2D eigenvalue weighted by atomic mass is 16.3. The summed E-state index contributed by atoms with van der Waals surface area (Å²) in [5, 5.41) is 11.1. The number of para-hydroxylation sites is 1. The van der Waals surface area contributed by atoms with Crippen LogP contribution in [0.4, 0.5) is 5.69 Å². The Hall–Kier alpha value is -3.41. The second-order valence-corrected chi connectivity index (χ2v) is 6.09. The predicted octanol–water partition coefficient (Wildman–Crippen LogP) is 4.03. The van der Waals surface area contributed by atoms with E-state index in [0.717, 1.165) is 33.8 Å². The number of hydrogen-bond acceptors (Lipinski definition) is 4. The maximum absolute atomic E-state index is 12.2. The van der Waals surface area contributed by atoms with E-state index in [1.165, 1.54) is 0 Å². The van der Waals surface area contributed by atoms with Crippen molar-refractivity contribution < 1.29 is 9.21 Å². The van der Waals surface area contributed by atoms with E-state index in [1.807, 2.05) is 67.6 Å². The predicted molar refractivity (Wildman–Crippen MR) is 99.7 cm³/mol. The number of amides is 1. The van der Waals surface area contributed by atoms with Crippen LogP contribution in [0.15, 0.2) is 65.1 Å². The smallest absolute Gasteiger partial charge is 0.226 e. The van der Waals surface area contributed by atoms with E-state index in [0.29, 0.717) is 13.0 Å². The van der Waals surface area contributed by atoms with Gasteiger partial charge in [0.15, 0.2) is 0 Å². The van der Waals surface area contributed by atoms with Crippen molar-refractivity contribution in [3.05, 3.63) is 66.4 Å². The van der Waals surface area contributed by atoms with Crippen LogP contribution in [-0.4, -0.2) is 20.9 Å². The summed E-state index contributed by atoms with van der Waals surface area (Å²) in [5.41, 5.74) is 3.49. The highest BCUT2D eigenvalue weighted by Crippen LogP contribution is 2.23. The average molecular weight is 346 g/mol. The second-order valence-electron chi connectivity index (χ2n) is 6.09. The molecule has 0 saturated heterocycles. The van der Waals surface area contributed by atoms with E-state index < -0.39 is 0 Å². The molecule has 4 aromatic rings. The first-order valence-corrected chi connectivity index (χ1v) is 8.44. The molecule has 0 fully saturated rings. The molecule has 0 radical (unpaired) electrons. The second kappa shape index (κ2) is 6.84. The van der Waals surface area contributed by atoms with Gasteiger partial charge in [-0.1, -0.05) is 17.3 Å². The minimum Gasteiger partial charge on any atom is -0.461 e. The lowest BCUT2D eigenvalue weighted by atomic mass is 10.1. The van der Waals surface area contributed by atoms with Gasteiger partial charge < -0.3 is 9.73 Å². The SMILES string of the molecule is Cc1ccc(-c2ccc(NC(=O)CCn3nnc4ccccc43)cc2)o1. The maximum atomic E-state index is 12.2. The van der Waals surface area contributed by atoms with Gasteiger partial charge in [-0.15, -0.1) is 5.10 Å². The molecule has 0 bridgehead atoms. The largest absolute Gasteiger partial charge is 0.461 e. The molecule has 6 nitrogen and oxygen atoms in total. The first kappa shape index (κ1) is 16.1. The summed E-state index contributed by atoms with van der Waals surface area (Å²) in [6.07, 6.45) is 0.326. The number of benzene rings is 2. The molecule has 6 heteroatoms. The Bertz CT molecular complexity index is 1050. The Morgan fingerprint density at radius 2 is 1.88 bits per heavy atom. The molecule has 0 aliphatic carbocycles. The van der Waals surface area contributed by atoms with Crippen LogP contribution in [0.2, 0.25) is 0 Å². The zero-order valence-electron chi connectivity index (χ0n) is 14.3. The highest BCUT2D eigenvalue weighted by Gasteiger charge is 2.08. The summed E-state index contributed by atoms with van der Waals surface area (Å²) >= 11 is 0. The summed E-state index contributed by atoms with van der Waals surface area (Å²) in [6.45, 7) is 2.40. The molecule has 2 aromatic heterocycles. The quantitative estimate of drug-likeness (QED) is 0.592. The lowest BCUT2D eigenvalue weighted by molar-refractivity contribution is -0.116. The zero-order chi connectivity index (χ0) is 17.9. The molecule has 26 heavy (non-hydrogen) atoms. The molecular weight excluding hydrogens is 328 g/mol. The number of fused-ring (bicyclic) bond motifs is 1. The maximum Gasteiger partial charge on any atom is 0.226 e. The Labute approximate surface area is 150 Å². The molecule has 0 atom stereocenters. The third-order valence-electron chi connectivity index (χ3n) is 4.16. The molecule has 0 unspecified atom stereocenters. The molecule has 1 amide bonds. The highest BCUT2D eigenvalue weighted by molar-refractivity contribution is 5.91. The number of carbonyl (C=O) groups is 1. The topological polar surface area (TPSA) is 73.0 Å². The first-order chi connectivity index (χ1) is 12.7. The van der Waals surface area contributed by atoms with E-state index >= 15 is 0 Å². The van der Waals surface area contributed by atoms with Crippen LogP contribution in [0.25, 0.3) is 22.4 Å². The van der Waals surface area contributed by atoms with Crippen LogP contribution < -0.4 is 5.32 Å². The zero-order valence-corrected chi connectivity index (χ0v) is 14.3. The number of rotatable bonds is 5. The van der Waals surface area contributed by atoms with E-state index in [-0.39, 0.29) is 5.91 Å². The van der Waals surface area contributed by atoms with E-state index in [1.54, 1.807) is 4.68 Å². The van der Waals surface area contributed by atoms with Crippen molar-refractivity contribution in [1.82, 2.24) is 15.0 Å². The van der Waals surface area contributed by atoms with Gasteiger partial charge in [-0.25, -0.2) is 4.68 Å². The Kier molecular flexibility index (Phi) is 4.23. The van der Waals surface area contributed by atoms with Gasteiger partial charge in [0.2, 0.25) is 5.91 Å². The van der Waals surface area contributed by atoms with Crippen LogP contribution in [-0.2, 0) is 11.3 Å². The number of anilines is 1. The fourth-order valence-corrected chi connectivity index (χ4v) is 2.82. The van der Waals surface area contributed by atoms with Crippen LogP contribution in [0, 0.1) is 6.92 Å². The third kappa shape index (κ3) is 3.35. The van der Waals surface area contributed by atoms with Crippen LogP contribution >= 0.6 is 0 Å².